The number of hydrogen-bond acceptors (Lipinski definition) is 4. The van der Waals surface area contributed by atoms with E-state index in [0.717, 1.165) is 36.4 Å². The summed E-state index contributed by atoms with van der Waals surface area (Å²) in [6.07, 6.45) is 4.52. The van der Waals surface area contributed by atoms with Gasteiger partial charge in [-0.1, -0.05) is 25.8 Å². The van der Waals surface area contributed by atoms with Gasteiger partial charge in [-0.2, -0.15) is 0 Å². The minimum absolute atomic E-state index is 0.0705. The third-order valence-electron chi connectivity index (χ3n) is 4.55. The van der Waals surface area contributed by atoms with Gasteiger partial charge in [-0.05, 0) is 31.5 Å². The molecule has 1 N–H and O–H groups in total. The van der Waals surface area contributed by atoms with Crippen LogP contribution in [-0.4, -0.2) is 33.5 Å². The van der Waals surface area contributed by atoms with Crippen LogP contribution in [0.25, 0.3) is 0 Å². The molecule has 1 atom stereocenters. The molecule has 1 aliphatic rings. The Morgan fingerprint density at radius 1 is 1.10 bits per heavy atom. The zero-order valence-corrected chi connectivity index (χ0v) is 13.6. The topological polar surface area (TPSA) is 39.7 Å². The van der Waals surface area contributed by atoms with E-state index in [4.69, 9.17) is 14.2 Å². The summed E-state index contributed by atoms with van der Waals surface area (Å²) < 4.78 is 17.2. The Balaban J connectivity index is 2.51. The van der Waals surface area contributed by atoms with Gasteiger partial charge in [0.15, 0.2) is 0 Å². The van der Waals surface area contributed by atoms with Gasteiger partial charge in [0.2, 0.25) is 0 Å². The summed E-state index contributed by atoms with van der Waals surface area (Å²) in [7, 11) is 5.22. The Bertz CT molecular complexity index is 433. The van der Waals surface area contributed by atoms with Gasteiger partial charge < -0.3 is 19.5 Å². The molecule has 0 bridgehead atoms. The summed E-state index contributed by atoms with van der Waals surface area (Å²) in [4.78, 5) is 0. The summed E-state index contributed by atoms with van der Waals surface area (Å²) >= 11 is 0. The number of nitrogens with one attached hydrogen (secondary N) is 1. The molecule has 4 nitrogen and oxygen atoms in total. The number of likely N-dealkylation sites (N-methyl/N-ethyl adjacent to an activating group) is 1. The highest BCUT2D eigenvalue weighted by Gasteiger charge is 2.44. The third kappa shape index (κ3) is 3.01. The average Bonchev–Trinajstić information content (AvgIpc) is 3.02. The lowest BCUT2D eigenvalue weighted by Gasteiger charge is -2.38. The summed E-state index contributed by atoms with van der Waals surface area (Å²) in [5.74, 6) is 1.70. The highest BCUT2D eigenvalue weighted by Crippen LogP contribution is 2.47. The van der Waals surface area contributed by atoms with Crippen LogP contribution in [0.2, 0.25) is 0 Å². The molecule has 1 aliphatic carbocycles. The van der Waals surface area contributed by atoms with Gasteiger partial charge in [0.25, 0.3) is 0 Å². The fourth-order valence-corrected chi connectivity index (χ4v) is 3.50. The molecule has 118 valence electrons. The van der Waals surface area contributed by atoms with Gasteiger partial charge in [-0.15, -0.1) is 0 Å². The second-order valence-electron chi connectivity index (χ2n) is 5.54. The molecular formula is C17H27NO3. The number of ether oxygens (including phenoxy) is 3. The van der Waals surface area contributed by atoms with Gasteiger partial charge in [0, 0.05) is 7.11 Å². The minimum atomic E-state index is -0.183. The van der Waals surface area contributed by atoms with Gasteiger partial charge in [0.05, 0.1) is 31.4 Å². The van der Waals surface area contributed by atoms with Crippen molar-refractivity contribution in [1.82, 2.24) is 5.32 Å². The highest BCUT2D eigenvalue weighted by atomic mass is 16.5. The minimum Gasteiger partial charge on any atom is -0.496 e. The van der Waals surface area contributed by atoms with Crippen molar-refractivity contribution >= 4 is 0 Å². The smallest absolute Gasteiger partial charge is 0.127 e. The molecule has 1 fully saturated rings. The summed E-state index contributed by atoms with van der Waals surface area (Å²) in [6.45, 7) is 2.99. The quantitative estimate of drug-likeness (QED) is 0.837. The van der Waals surface area contributed by atoms with Crippen molar-refractivity contribution in [2.45, 2.75) is 44.2 Å². The van der Waals surface area contributed by atoms with E-state index in [1.54, 1.807) is 14.2 Å². The van der Waals surface area contributed by atoms with Crippen molar-refractivity contribution in [2.75, 3.05) is 27.9 Å². The van der Waals surface area contributed by atoms with Crippen LogP contribution in [0.1, 0.15) is 44.2 Å². The molecule has 1 aromatic rings. The zero-order chi connectivity index (χ0) is 15.3. The average molecular weight is 293 g/mol. The molecule has 21 heavy (non-hydrogen) atoms. The second-order valence-corrected chi connectivity index (χ2v) is 5.54. The van der Waals surface area contributed by atoms with E-state index in [1.807, 2.05) is 25.3 Å². The number of hydrogen-bond donors (Lipinski definition) is 1. The second kappa shape index (κ2) is 7.14. The first kappa shape index (κ1) is 16.1. The fourth-order valence-electron chi connectivity index (χ4n) is 3.50. The van der Waals surface area contributed by atoms with Gasteiger partial charge in [-0.25, -0.2) is 0 Å². The fraction of sp³-hybridized carbons (Fsp3) is 0.647. The van der Waals surface area contributed by atoms with Crippen LogP contribution >= 0.6 is 0 Å². The Labute approximate surface area is 127 Å². The summed E-state index contributed by atoms with van der Waals surface area (Å²) in [6, 6.07) is 6.00. The molecule has 1 saturated carbocycles. The predicted octanol–water partition coefficient (Wildman–Crippen LogP) is 3.31. The Morgan fingerprint density at radius 2 is 1.67 bits per heavy atom. The Morgan fingerprint density at radius 3 is 2.10 bits per heavy atom. The molecule has 0 amide bonds. The first-order valence-electron chi connectivity index (χ1n) is 7.71. The van der Waals surface area contributed by atoms with Crippen LogP contribution in [0.4, 0.5) is 0 Å². The molecule has 0 aromatic heterocycles. The van der Waals surface area contributed by atoms with E-state index in [9.17, 15) is 0 Å². The van der Waals surface area contributed by atoms with Crippen LogP contribution in [0, 0.1) is 0 Å². The van der Waals surface area contributed by atoms with Crippen molar-refractivity contribution in [3.8, 4) is 11.5 Å². The molecular weight excluding hydrogens is 266 g/mol. The maximum absolute atomic E-state index is 5.99. The van der Waals surface area contributed by atoms with Gasteiger partial charge in [0.1, 0.15) is 11.5 Å². The molecule has 1 unspecified atom stereocenters. The molecule has 1 aromatic carbocycles. The lowest BCUT2D eigenvalue weighted by atomic mass is 9.85. The summed E-state index contributed by atoms with van der Waals surface area (Å²) in [5, 5.41) is 3.60. The van der Waals surface area contributed by atoms with Crippen LogP contribution in [0.15, 0.2) is 18.2 Å². The Hall–Kier alpha value is -1.26. The standard InChI is InChI=1S/C17H27NO3/c1-5-18-16(17(21-4)11-6-7-12-17)15-13(19-2)9-8-10-14(15)20-3/h8-10,16,18H,5-7,11-12H2,1-4H3. The molecule has 4 heteroatoms. The van der Waals surface area contributed by atoms with Crippen molar-refractivity contribution < 1.29 is 14.2 Å². The van der Waals surface area contributed by atoms with Crippen molar-refractivity contribution in [3.63, 3.8) is 0 Å². The van der Waals surface area contributed by atoms with E-state index in [-0.39, 0.29) is 11.6 Å². The molecule has 0 heterocycles. The van der Waals surface area contributed by atoms with Gasteiger partial charge >= 0.3 is 0 Å². The largest absolute Gasteiger partial charge is 0.496 e. The summed E-state index contributed by atoms with van der Waals surface area (Å²) in [5.41, 5.74) is 0.880. The lowest BCUT2D eigenvalue weighted by molar-refractivity contribution is -0.0374. The first-order valence-corrected chi connectivity index (χ1v) is 7.71. The van der Waals surface area contributed by atoms with Crippen LogP contribution < -0.4 is 14.8 Å². The van der Waals surface area contributed by atoms with E-state index in [1.165, 1.54) is 12.8 Å². The van der Waals surface area contributed by atoms with E-state index < -0.39 is 0 Å². The van der Waals surface area contributed by atoms with Crippen molar-refractivity contribution in [3.05, 3.63) is 23.8 Å². The van der Waals surface area contributed by atoms with Crippen LogP contribution in [0.5, 0.6) is 11.5 Å². The monoisotopic (exact) mass is 293 g/mol. The number of rotatable bonds is 7. The first-order chi connectivity index (χ1) is 10.2. The molecule has 0 spiro atoms. The lowest BCUT2D eigenvalue weighted by Crippen LogP contribution is -2.43. The molecule has 2 rings (SSSR count). The van der Waals surface area contributed by atoms with Crippen molar-refractivity contribution in [2.24, 2.45) is 0 Å². The Kier molecular flexibility index (Phi) is 5.48. The van der Waals surface area contributed by atoms with E-state index in [2.05, 4.69) is 12.2 Å². The van der Waals surface area contributed by atoms with E-state index >= 15 is 0 Å². The SMILES string of the molecule is CCNC(c1c(OC)cccc1OC)C1(OC)CCCC1. The number of methoxy groups -OCH3 is 3. The molecule has 0 aliphatic heterocycles. The van der Waals surface area contributed by atoms with E-state index in [0.29, 0.717) is 0 Å². The maximum Gasteiger partial charge on any atom is 0.127 e. The van der Waals surface area contributed by atoms with Crippen LogP contribution in [0.3, 0.4) is 0 Å². The van der Waals surface area contributed by atoms with Gasteiger partial charge in [-0.3, -0.25) is 0 Å². The highest BCUT2D eigenvalue weighted by molar-refractivity contribution is 5.48. The molecule has 0 saturated heterocycles. The molecule has 0 radical (unpaired) electrons. The normalized spacial score (nSPS) is 18.5. The van der Waals surface area contributed by atoms with Crippen molar-refractivity contribution in [1.29, 1.82) is 0 Å². The maximum atomic E-state index is 5.99. The third-order valence-corrected chi connectivity index (χ3v) is 4.55. The zero-order valence-electron chi connectivity index (χ0n) is 13.6. The number of benzene rings is 1. The predicted molar refractivity (Wildman–Crippen MR) is 84.2 cm³/mol. The van der Waals surface area contributed by atoms with Crippen LogP contribution in [-0.2, 0) is 4.74 Å².